The van der Waals surface area contributed by atoms with Gasteiger partial charge in [0.2, 0.25) is 0 Å². The molecule has 0 saturated carbocycles. The van der Waals surface area contributed by atoms with Gasteiger partial charge in [0, 0.05) is 8.07 Å². The van der Waals surface area contributed by atoms with E-state index >= 15 is 0 Å². The van der Waals surface area contributed by atoms with Crippen LogP contribution in [0.1, 0.15) is 25.0 Å². The Labute approximate surface area is 258 Å². The van der Waals surface area contributed by atoms with Crippen LogP contribution in [-0.2, 0) is 31.4 Å². The summed E-state index contributed by atoms with van der Waals surface area (Å²) in [6.07, 6.45) is 2.07. The second-order valence-electron chi connectivity index (χ2n) is 10.8. The van der Waals surface area contributed by atoms with Crippen molar-refractivity contribution in [2.75, 3.05) is 0 Å². The van der Waals surface area contributed by atoms with Crippen LogP contribution >= 0.6 is 0 Å². The van der Waals surface area contributed by atoms with Crippen molar-refractivity contribution in [1.82, 2.24) is 0 Å². The summed E-state index contributed by atoms with van der Waals surface area (Å²) >= 11 is 0. The Hall–Kier alpha value is -3.36. The van der Waals surface area contributed by atoms with E-state index in [0.717, 1.165) is 12.8 Å². The molecule has 41 heavy (non-hydrogen) atoms. The Balaban J connectivity index is 0.00000129. The van der Waals surface area contributed by atoms with E-state index in [2.05, 4.69) is 136 Å². The Morgan fingerprint density at radius 1 is 0.537 bits per heavy atom. The van der Waals surface area contributed by atoms with Gasteiger partial charge >= 0.3 is 18.6 Å². The largest absolute Gasteiger partial charge is 4.00 e. The van der Waals surface area contributed by atoms with Gasteiger partial charge in [0.1, 0.15) is 0 Å². The van der Waals surface area contributed by atoms with Crippen molar-refractivity contribution in [3.8, 4) is 0 Å². The number of fused-ring (bicyclic) bond motifs is 6. The second-order valence-corrected chi connectivity index (χ2v) is 14.6. The predicted octanol–water partition coefficient (Wildman–Crippen LogP) is 8.86. The van der Waals surface area contributed by atoms with Gasteiger partial charge in [-0.2, -0.15) is 10.4 Å². The first kappa shape index (κ1) is 30.6. The van der Waals surface area contributed by atoms with Gasteiger partial charge in [-0.05, 0) is 23.6 Å². The fourth-order valence-electron chi connectivity index (χ4n) is 7.10. The van der Waals surface area contributed by atoms with Crippen molar-refractivity contribution in [3.63, 3.8) is 0 Å². The molecular formula is C39H38SiV. The van der Waals surface area contributed by atoms with Crippen LogP contribution in [0.25, 0.3) is 43.1 Å². The molecule has 0 aliphatic rings. The molecule has 0 unspecified atom stereocenters. The molecule has 7 aromatic rings. The van der Waals surface area contributed by atoms with Gasteiger partial charge in [0.25, 0.3) is 0 Å². The summed E-state index contributed by atoms with van der Waals surface area (Å²) in [4.78, 5) is 0. The monoisotopic (exact) mass is 585 g/mol. The average molecular weight is 586 g/mol. The van der Waals surface area contributed by atoms with Gasteiger partial charge in [-0.3, -0.25) is 0 Å². The zero-order valence-electron chi connectivity index (χ0n) is 24.8. The van der Waals surface area contributed by atoms with Crippen molar-refractivity contribution < 1.29 is 18.6 Å². The Morgan fingerprint density at radius 2 is 0.951 bits per heavy atom. The summed E-state index contributed by atoms with van der Waals surface area (Å²) in [5.41, 5.74) is 3.01. The van der Waals surface area contributed by atoms with Crippen LogP contribution in [-0.4, -0.2) is 8.07 Å². The Morgan fingerprint density at radius 3 is 1.39 bits per heavy atom. The van der Waals surface area contributed by atoms with Crippen LogP contribution in [0.5, 0.6) is 0 Å². The zero-order chi connectivity index (χ0) is 25.9. The molecule has 0 amide bonds. The van der Waals surface area contributed by atoms with Crippen LogP contribution in [0.4, 0.5) is 0 Å². The van der Waals surface area contributed by atoms with Crippen LogP contribution in [0.2, 0.25) is 6.55 Å². The van der Waals surface area contributed by atoms with E-state index in [1.165, 1.54) is 59.4 Å². The Bertz CT molecular complexity index is 1830. The standard InChI is InChI=1S/C37H32Si.2CH3.V/c1-4-25-23-29-21-19-27-13-9-11-17-32(27)34(29)36(25)38(3,31-15-7-6-8-16-31)37-26(5-2)24-30-22-20-28-14-10-12-18-33(28)35(30)37;;;/h6-24H,4-5H2,1-3H3;2*1H3;/q-2;2*-1;+4. The van der Waals surface area contributed by atoms with E-state index in [4.69, 9.17) is 0 Å². The van der Waals surface area contributed by atoms with Gasteiger partial charge in [-0.25, -0.2) is 0 Å². The fourth-order valence-corrected chi connectivity index (χ4v) is 12.1. The van der Waals surface area contributed by atoms with E-state index in [-0.39, 0.29) is 33.4 Å². The molecule has 1 radical (unpaired) electrons. The Kier molecular flexibility index (Phi) is 8.85. The maximum Gasteiger partial charge on any atom is 4.00 e. The molecule has 0 bridgehead atoms. The molecule has 0 aromatic heterocycles. The van der Waals surface area contributed by atoms with Gasteiger partial charge in [-0.15, -0.1) is 56.9 Å². The molecule has 0 spiro atoms. The minimum Gasteiger partial charge on any atom is -0.358 e. The molecular weight excluding hydrogens is 547 g/mol. The molecule has 0 nitrogen and oxygen atoms in total. The van der Waals surface area contributed by atoms with E-state index in [0.29, 0.717) is 0 Å². The molecule has 2 heteroatoms. The van der Waals surface area contributed by atoms with Crippen LogP contribution in [0, 0.1) is 14.9 Å². The van der Waals surface area contributed by atoms with Gasteiger partial charge in [0.15, 0.2) is 0 Å². The number of hydrogen-bond donors (Lipinski definition) is 0. The smallest absolute Gasteiger partial charge is 0.358 e. The van der Waals surface area contributed by atoms with Crippen LogP contribution in [0.15, 0.2) is 115 Å². The third kappa shape index (κ3) is 4.52. The van der Waals surface area contributed by atoms with Crippen molar-refractivity contribution >= 4 is 66.7 Å². The predicted molar refractivity (Wildman–Crippen MR) is 183 cm³/mol. The van der Waals surface area contributed by atoms with Crippen molar-refractivity contribution in [2.45, 2.75) is 33.2 Å². The van der Waals surface area contributed by atoms with Crippen molar-refractivity contribution in [2.24, 2.45) is 0 Å². The maximum absolute atomic E-state index is 2.63. The summed E-state index contributed by atoms with van der Waals surface area (Å²) in [7, 11) is -2.47. The summed E-state index contributed by atoms with van der Waals surface area (Å²) in [5.74, 6) is 0. The molecule has 7 rings (SSSR count). The SMILES string of the molecule is CCc1[cH-]c2ccc3ccccc3c2c1[Si](C)(c1ccccc1)c1c(CC)[cH-]c2ccc3ccccc3c12.[CH3-].[CH3-].[V+4]. The molecule has 7 aromatic carbocycles. The third-order valence-corrected chi connectivity index (χ3v) is 13.5. The second kappa shape index (κ2) is 11.9. The molecule has 0 fully saturated rings. The molecule has 0 atom stereocenters. The average Bonchev–Trinajstić information content (AvgIpc) is 3.57. The minimum atomic E-state index is -2.47. The number of hydrogen-bond acceptors (Lipinski definition) is 0. The topological polar surface area (TPSA) is 0 Å². The van der Waals surface area contributed by atoms with E-state index in [1.54, 1.807) is 10.4 Å². The molecule has 203 valence electrons. The molecule has 0 N–H and O–H groups in total. The normalized spacial score (nSPS) is 11.4. The summed E-state index contributed by atoms with van der Waals surface area (Å²) < 4.78 is 0. The summed E-state index contributed by atoms with van der Waals surface area (Å²) in [6, 6.07) is 43.6. The minimum absolute atomic E-state index is 0. The quantitative estimate of drug-likeness (QED) is 0.140. The first-order chi connectivity index (χ1) is 18.6. The summed E-state index contributed by atoms with van der Waals surface area (Å²) in [6.45, 7) is 7.30. The maximum atomic E-state index is 2.63. The van der Waals surface area contributed by atoms with E-state index < -0.39 is 8.07 Å². The van der Waals surface area contributed by atoms with Crippen LogP contribution in [0.3, 0.4) is 0 Å². The molecule has 0 aliphatic carbocycles. The van der Waals surface area contributed by atoms with Crippen LogP contribution < -0.4 is 15.6 Å². The zero-order valence-corrected chi connectivity index (χ0v) is 27.2. The van der Waals surface area contributed by atoms with Crippen molar-refractivity contribution in [3.05, 3.63) is 141 Å². The molecule has 0 heterocycles. The molecule has 0 saturated heterocycles. The van der Waals surface area contributed by atoms with E-state index in [9.17, 15) is 0 Å². The van der Waals surface area contributed by atoms with Gasteiger partial charge < -0.3 is 14.9 Å². The third-order valence-electron chi connectivity index (χ3n) is 8.84. The van der Waals surface area contributed by atoms with Crippen molar-refractivity contribution in [1.29, 1.82) is 0 Å². The van der Waals surface area contributed by atoms with E-state index in [1.807, 2.05) is 0 Å². The number of aryl methyl sites for hydroxylation is 2. The van der Waals surface area contributed by atoms with Gasteiger partial charge in [-0.1, -0.05) is 127 Å². The number of benzene rings is 5. The number of rotatable bonds is 5. The first-order valence-electron chi connectivity index (χ1n) is 13.9. The first-order valence-corrected chi connectivity index (χ1v) is 16.4. The fraction of sp³-hybridized carbons (Fsp3) is 0.128. The molecule has 0 aliphatic heterocycles. The summed E-state index contributed by atoms with van der Waals surface area (Å²) in [5, 5.41) is 15.8. The van der Waals surface area contributed by atoms with Gasteiger partial charge in [0.05, 0.1) is 0 Å².